The molecule has 4 aromatic carbocycles. The molecule has 0 saturated carbocycles. The van der Waals surface area contributed by atoms with E-state index in [1.165, 1.54) is 10.6 Å². The Kier molecular flexibility index (Phi) is 6.36. The van der Waals surface area contributed by atoms with E-state index in [0.717, 1.165) is 34.6 Å². The van der Waals surface area contributed by atoms with Crippen LogP contribution in [0.25, 0.3) is 6.08 Å². The van der Waals surface area contributed by atoms with Crippen molar-refractivity contribution >= 4 is 46.4 Å². The smallest absolute Gasteiger partial charge is 0.267 e. The Morgan fingerprint density at radius 1 is 0.789 bits per heavy atom. The van der Waals surface area contributed by atoms with Crippen LogP contribution in [0.4, 0.5) is 11.4 Å². The first-order chi connectivity index (χ1) is 18.6. The molecule has 0 spiro atoms. The van der Waals surface area contributed by atoms with Crippen molar-refractivity contribution in [3.8, 4) is 0 Å². The normalized spacial score (nSPS) is 18.2. The maximum atomic E-state index is 13.1. The van der Waals surface area contributed by atoms with Gasteiger partial charge in [-0.05, 0) is 66.1 Å². The highest BCUT2D eigenvalue weighted by Gasteiger charge is 2.30. The lowest BCUT2D eigenvalue weighted by Gasteiger charge is -2.24. The zero-order valence-corrected chi connectivity index (χ0v) is 21.6. The molecule has 0 aliphatic carbocycles. The van der Waals surface area contributed by atoms with E-state index in [1.54, 1.807) is 0 Å². The number of nitrogens with zero attached hydrogens (tertiary/aromatic N) is 4. The van der Waals surface area contributed by atoms with Gasteiger partial charge in [0.05, 0.1) is 34.4 Å². The van der Waals surface area contributed by atoms with Gasteiger partial charge < -0.3 is 0 Å². The van der Waals surface area contributed by atoms with Crippen LogP contribution in [-0.2, 0) is 4.79 Å². The molecule has 0 aromatic heterocycles. The molecule has 38 heavy (non-hydrogen) atoms. The Morgan fingerprint density at radius 3 is 2.13 bits per heavy atom. The molecule has 186 valence electrons. The summed E-state index contributed by atoms with van der Waals surface area (Å²) in [4.78, 5) is 13.1. The third kappa shape index (κ3) is 4.64. The minimum atomic E-state index is -0.126. The summed E-state index contributed by atoms with van der Waals surface area (Å²) in [6, 6.07) is 36.0. The van der Waals surface area contributed by atoms with E-state index in [1.807, 2.05) is 85.8 Å². The van der Waals surface area contributed by atoms with Gasteiger partial charge in [-0.1, -0.05) is 84.4 Å². The topological polar surface area (TPSA) is 48.3 Å². The molecule has 6 rings (SSSR count). The van der Waals surface area contributed by atoms with Gasteiger partial charge in [0, 0.05) is 11.4 Å². The van der Waals surface area contributed by atoms with E-state index in [0.29, 0.717) is 16.3 Å². The highest BCUT2D eigenvalue weighted by atomic mass is 35.5. The number of hydrazone groups is 2. The molecule has 1 amide bonds. The van der Waals surface area contributed by atoms with Crippen molar-refractivity contribution in [1.82, 2.24) is 0 Å². The number of halogens is 1. The average molecular weight is 517 g/mol. The minimum absolute atomic E-state index is 0.0799. The number of anilines is 2. The Balaban J connectivity index is 1.29. The van der Waals surface area contributed by atoms with Crippen LogP contribution in [0.15, 0.2) is 125 Å². The molecule has 0 saturated heterocycles. The lowest BCUT2D eigenvalue weighted by atomic mass is 9.98. The number of hydrogen-bond donors (Lipinski definition) is 0. The van der Waals surface area contributed by atoms with Gasteiger partial charge in [0.15, 0.2) is 0 Å². The second kappa shape index (κ2) is 10.1. The van der Waals surface area contributed by atoms with Gasteiger partial charge >= 0.3 is 0 Å². The maximum absolute atomic E-state index is 13.1. The van der Waals surface area contributed by atoms with Crippen LogP contribution in [-0.4, -0.2) is 17.3 Å². The van der Waals surface area contributed by atoms with Crippen molar-refractivity contribution in [3.05, 3.63) is 136 Å². The molecule has 1 atom stereocenters. The first-order valence-corrected chi connectivity index (χ1v) is 12.9. The highest BCUT2D eigenvalue weighted by Crippen LogP contribution is 2.37. The van der Waals surface area contributed by atoms with Gasteiger partial charge in [0.2, 0.25) is 0 Å². The minimum Gasteiger partial charge on any atom is -0.267 e. The molecular weight excluding hydrogens is 492 g/mol. The summed E-state index contributed by atoms with van der Waals surface area (Å²) in [5.41, 5.74) is 7.25. The van der Waals surface area contributed by atoms with Gasteiger partial charge in [-0.3, -0.25) is 9.80 Å². The highest BCUT2D eigenvalue weighted by molar-refractivity contribution is 6.32. The van der Waals surface area contributed by atoms with E-state index in [-0.39, 0.29) is 11.9 Å². The largest absolute Gasteiger partial charge is 0.280 e. The van der Waals surface area contributed by atoms with Crippen LogP contribution < -0.4 is 10.0 Å². The second-order valence-corrected chi connectivity index (χ2v) is 9.75. The summed E-state index contributed by atoms with van der Waals surface area (Å²) in [6.45, 7) is 1.86. The SMILES string of the molecule is CC1=NN(c2ccccc2)C(=O)/C1=C\c1ccc(N2N=C(c3ccc(Cl)cc3)C[C@H]2c2ccccc2)cc1. The zero-order valence-electron chi connectivity index (χ0n) is 20.8. The van der Waals surface area contributed by atoms with Gasteiger partial charge in [-0.2, -0.15) is 15.2 Å². The Bertz CT molecular complexity index is 1560. The predicted molar refractivity (Wildman–Crippen MR) is 156 cm³/mol. The molecule has 0 unspecified atom stereocenters. The molecule has 2 aliphatic heterocycles. The molecule has 6 heteroatoms. The van der Waals surface area contributed by atoms with E-state index in [9.17, 15) is 4.79 Å². The zero-order chi connectivity index (χ0) is 26.1. The van der Waals surface area contributed by atoms with Crippen LogP contribution in [0.2, 0.25) is 5.02 Å². The third-order valence-electron chi connectivity index (χ3n) is 6.80. The summed E-state index contributed by atoms with van der Waals surface area (Å²) < 4.78 is 0. The summed E-state index contributed by atoms with van der Waals surface area (Å²) in [6.07, 6.45) is 2.69. The monoisotopic (exact) mass is 516 g/mol. The molecule has 5 nitrogen and oxygen atoms in total. The molecule has 0 bridgehead atoms. The van der Waals surface area contributed by atoms with Crippen molar-refractivity contribution in [2.75, 3.05) is 10.0 Å². The number of para-hydroxylation sites is 1. The molecule has 0 N–H and O–H groups in total. The van der Waals surface area contributed by atoms with E-state index in [4.69, 9.17) is 16.7 Å². The Morgan fingerprint density at radius 2 is 1.45 bits per heavy atom. The fourth-order valence-corrected chi connectivity index (χ4v) is 4.94. The second-order valence-electron chi connectivity index (χ2n) is 9.32. The van der Waals surface area contributed by atoms with E-state index < -0.39 is 0 Å². The van der Waals surface area contributed by atoms with Crippen LogP contribution in [0, 0.1) is 0 Å². The molecule has 0 radical (unpaired) electrons. The number of benzene rings is 4. The first-order valence-electron chi connectivity index (χ1n) is 12.5. The standard InChI is InChI=1S/C32H25ClN4O/c1-22-29(32(38)37(34-22)27-10-6-3-7-11-27)20-23-12-18-28(19-13-23)36-31(25-8-4-2-5-9-25)21-30(35-36)24-14-16-26(33)17-15-24/h2-20,31H,21H2,1H3/b29-20-/t31-/m0/s1. The lowest BCUT2D eigenvalue weighted by molar-refractivity contribution is -0.114. The number of amides is 1. The number of hydrogen-bond acceptors (Lipinski definition) is 4. The summed E-state index contributed by atoms with van der Waals surface area (Å²) in [5.74, 6) is -0.126. The molecular formula is C32H25ClN4O. The van der Waals surface area contributed by atoms with Gasteiger partial charge in [0.1, 0.15) is 0 Å². The summed E-state index contributed by atoms with van der Waals surface area (Å²) in [7, 11) is 0. The lowest BCUT2D eigenvalue weighted by Crippen LogP contribution is -2.21. The molecule has 4 aromatic rings. The fourth-order valence-electron chi connectivity index (χ4n) is 4.82. The average Bonchev–Trinajstić information content (AvgIpc) is 3.52. The van der Waals surface area contributed by atoms with Gasteiger partial charge in [0.25, 0.3) is 5.91 Å². The van der Waals surface area contributed by atoms with Crippen LogP contribution in [0.5, 0.6) is 0 Å². The third-order valence-corrected chi connectivity index (χ3v) is 7.06. The van der Waals surface area contributed by atoms with E-state index in [2.05, 4.69) is 46.5 Å². The van der Waals surface area contributed by atoms with Crippen molar-refractivity contribution in [1.29, 1.82) is 0 Å². The van der Waals surface area contributed by atoms with Gasteiger partial charge in [-0.15, -0.1) is 0 Å². The molecule has 0 fully saturated rings. The number of carbonyl (C=O) groups excluding carboxylic acids is 1. The van der Waals surface area contributed by atoms with Crippen molar-refractivity contribution in [2.24, 2.45) is 10.2 Å². The summed E-state index contributed by atoms with van der Waals surface area (Å²) in [5, 5.41) is 13.8. The van der Waals surface area contributed by atoms with Gasteiger partial charge in [-0.25, -0.2) is 0 Å². The van der Waals surface area contributed by atoms with Crippen molar-refractivity contribution in [3.63, 3.8) is 0 Å². The maximum Gasteiger partial charge on any atom is 0.280 e. The number of carbonyl (C=O) groups is 1. The fraction of sp³-hybridized carbons (Fsp3) is 0.0938. The Labute approximate surface area is 227 Å². The number of rotatable bonds is 5. The Hall–Kier alpha value is -4.48. The summed E-state index contributed by atoms with van der Waals surface area (Å²) >= 11 is 6.11. The van der Waals surface area contributed by atoms with Crippen LogP contribution in [0.1, 0.15) is 36.1 Å². The van der Waals surface area contributed by atoms with Crippen molar-refractivity contribution < 1.29 is 4.79 Å². The quantitative estimate of drug-likeness (QED) is 0.258. The molecule has 2 heterocycles. The van der Waals surface area contributed by atoms with Crippen LogP contribution in [0.3, 0.4) is 0 Å². The molecule has 2 aliphatic rings. The van der Waals surface area contributed by atoms with E-state index >= 15 is 0 Å². The predicted octanol–water partition coefficient (Wildman–Crippen LogP) is 7.50. The van der Waals surface area contributed by atoms with Crippen molar-refractivity contribution in [2.45, 2.75) is 19.4 Å². The van der Waals surface area contributed by atoms with Crippen LogP contribution >= 0.6 is 11.6 Å². The first kappa shape index (κ1) is 23.9.